The van der Waals surface area contributed by atoms with E-state index >= 15 is 0 Å². The lowest BCUT2D eigenvalue weighted by molar-refractivity contribution is 1.30. The Morgan fingerprint density at radius 1 is 0.800 bits per heavy atom. The van der Waals surface area contributed by atoms with Gasteiger partial charge in [-0.3, -0.25) is 0 Å². The van der Waals surface area contributed by atoms with Crippen LogP contribution >= 0.6 is 0 Å². The molecule has 0 bridgehead atoms. The number of hydrogen-bond donors (Lipinski definition) is 1. The molecule has 2 nitrogen and oxygen atoms in total. The summed E-state index contributed by atoms with van der Waals surface area (Å²) in [7, 11) is 0. The molecule has 0 radical (unpaired) electrons. The third-order valence-corrected chi connectivity index (χ3v) is 3.66. The summed E-state index contributed by atoms with van der Waals surface area (Å²) in [6.07, 6.45) is 0. The molecule has 0 aliphatic carbocycles. The normalized spacial score (nSPS) is 10.8. The Labute approximate surface area is 119 Å². The highest BCUT2D eigenvalue weighted by molar-refractivity contribution is 5.84. The minimum absolute atomic E-state index is 0.901. The van der Waals surface area contributed by atoms with Crippen molar-refractivity contribution < 1.29 is 0 Å². The average Bonchev–Trinajstić information content (AvgIpc) is 2.43. The first kappa shape index (κ1) is 12.7. The highest BCUT2D eigenvalue weighted by Gasteiger charge is 2.06. The monoisotopic (exact) mass is 262 g/mol. The number of para-hydroxylation sites is 2. The van der Waals surface area contributed by atoms with Crippen molar-refractivity contribution in [1.29, 1.82) is 0 Å². The fourth-order valence-corrected chi connectivity index (χ4v) is 2.55. The van der Waals surface area contributed by atoms with Crippen molar-refractivity contribution >= 4 is 22.4 Å². The smallest absolute Gasteiger partial charge is 0.131 e. The van der Waals surface area contributed by atoms with E-state index in [-0.39, 0.29) is 0 Å². The van der Waals surface area contributed by atoms with Gasteiger partial charge >= 0.3 is 0 Å². The van der Waals surface area contributed by atoms with Crippen molar-refractivity contribution in [3.63, 3.8) is 0 Å². The molecule has 1 heterocycles. The number of aryl methyl sites for hydroxylation is 3. The number of nitrogens with one attached hydrogen (secondary N) is 1. The van der Waals surface area contributed by atoms with Gasteiger partial charge in [-0.1, -0.05) is 36.4 Å². The van der Waals surface area contributed by atoms with Gasteiger partial charge in [0.1, 0.15) is 5.82 Å². The largest absolute Gasteiger partial charge is 0.340 e. The number of hydrogen-bond acceptors (Lipinski definition) is 2. The van der Waals surface area contributed by atoms with Crippen LogP contribution in [0.3, 0.4) is 0 Å². The molecule has 0 spiro atoms. The number of rotatable bonds is 2. The van der Waals surface area contributed by atoms with Crippen LogP contribution in [0.4, 0.5) is 11.5 Å². The highest BCUT2D eigenvalue weighted by atomic mass is 15.0. The van der Waals surface area contributed by atoms with E-state index in [1.165, 1.54) is 22.1 Å². The van der Waals surface area contributed by atoms with Gasteiger partial charge in [-0.05, 0) is 49.6 Å². The van der Waals surface area contributed by atoms with Crippen LogP contribution in [0.25, 0.3) is 10.9 Å². The Morgan fingerprint density at radius 3 is 2.25 bits per heavy atom. The second kappa shape index (κ2) is 4.97. The first-order valence-corrected chi connectivity index (χ1v) is 6.85. The lowest BCUT2D eigenvalue weighted by Gasteiger charge is -2.13. The van der Waals surface area contributed by atoms with E-state index in [0.29, 0.717) is 0 Å². The number of pyridine rings is 1. The molecule has 0 aliphatic heterocycles. The summed E-state index contributed by atoms with van der Waals surface area (Å²) in [5.74, 6) is 0.901. The minimum Gasteiger partial charge on any atom is -0.340 e. The summed E-state index contributed by atoms with van der Waals surface area (Å²) >= 11 is 0. The van der Waals surface area contributed by atoms with Gasteiger partial charge in [-0.2, -0.15) is 0 Å². The van der Waals surface area contributed by atoms with Crippen molar-refractivity contribution in [2.24, 2.45) is 0 Å². The van der Waals surface area contributed by atoms with E-state index in [0.717, 1.165) is 17.0 Å². The van der Waals surface area contributed by atoms with E-state index in [9.17, 15) is 0 Å². The molecule has 1 aromatic heterocycles. The molecule has 0 amide bonds. The SMILES string of the molecule is Cc1cccc(C)c1Nc1cc(C)c2ccccc2n1. The van der Waals surface area contributed by atoms with Crippen molar-refractivity contribution in [3.05, 3.63) is 65.2 Å². The second-order valence-electron chi connectivity index (χ2n) is 5.23. The average molecular weight is 262 g/mol. The first-order chi connectivity index (χ1) is 9.65. The maximum Gasteiger partial charge on any atom is 0.131 e. The lowest BCUT2D eigenvalue weighted by atomic mass is 10.1. The van der Waals surface area contributed by atoms with Gasteiger partial charge < -0.3 is 5.32 Å². The van der Waals surface area contributed by atoms with E-state index in [1.54, 1.807) is 0 Å². The molecule has 1 N–H and O–H groups in total. The Morgan fingerprint density at radius 2 is 1.50 bits per heavy atom. The molecule has 100 valence electrons. The maximum atomic E-state index is 4.70. The third kappa shape index (κ3) is 2.25. The van der Waals surface area contributed by atoms with Crippen LogP contribution < -0.4 is 5.32 Å². The van der Waals surface area contributed by atoms with Gasteiger partial charge in [-0.25, -0.2) is 4.98 Å². The van der Waals surface area contributed by atoms with E-state index in [4.69, 9.17) is 4.98 Å². The second-order valence-corrected chi connectivity index (χ2v) is 5.23. The molecule has 0 fully saturated rings. The summed E-state index contributed by atoms with van der Waals surface area (Å²) in [6.45, 7) is 6.35. The summed E-state index contributed by atoms with van der Waals surface area (Å²) in [4.78, 5) is 4.70. The van der Waals surface area contributed by atoms with Crippen LogP contribution in [0.1, 0.15) is 16.7 Å². The lowest BCUT2D eigenvalue weighted by Crippen LogP contribution is -1.99. The maximum absolute atomic E-state index is 4.70. The van der Waals surface area contributed by atoms with Crippen LogP contribution in [0.2, 0.25) is 0 Å². The molecule has 2 heteroatoms. The summed E-state index contributed by atoms with van der Waals surface area (Å²) in [5, 5.41) is 4.67. The zero-order valence-electron chi connectivity index (χ0n) is 12.1. The van der Waals surface area contributed by atoms with Gasteiger partial charge in [0.2, 0.25) is 0 Å². The molecular formula is C18H18N2. The molecule has 2 aromatic carbocycles. The Hall–Kier alpha value is -2.35. The predicted octanol–water partition coefficient (Wildman–Crippen LogP) is 4.90. The Kier molecular flexibility index (Phi) is 3.15. The van der Waals surface area contributed by atoms with Gasteiger partial charge in [0.25, 0.3) is 0 Å². The Bertz CT molecular complexity index is 755. The molecule has 0 saturated heterocycles. The minimum atomic E-state index is 0.901. The van der Waals surface area contributed by atoms with Crippen LogP contribution in [0.5, 0.6) is 0 Å². The fraction of sp³-hybridized carbons (Fsp3) is 0.167. The number of nitrogens with zero attached hydrogens (tertiary/aromatic N) is 1. The molecule has 0 unspecified atom stereocenters. The molecule has 3 rings (SSSR count). The van der Waals surface area contributed by atoms with E-state index < -0.39 is 0 Å². The first-order valence-electron chi connectivity index (χ1n) is 6.85. The van der Waals surface area contributed by atoms with Crippen LogP contribution in [0.15, 0.2) is 48.5 Å². The van der Waals surface area contributed by atoms with Gasteiger partial charge in [0, 0.05) is 11.1 Å². The van der Waals surface area contributed by atoms with Gasteiger partial charge in [0.05, 0.1) is 5.52 Å². The number of anilines is 2. The van der Waals surface area contributed by atoms with Crippen molar-refractivity contribution in [1.82, 2.24) is 4.98 Å². The zero-order chi connectivity index (χ0) is 14.1. The van der Waals surface area contributed by atoms with Crippen molar-refractivity contribution in [2.75, 3.05) is 5.32 Å². The fourth-order valence-electron chi connectivity index (χ4n) is 2.55. The molecule has 0 aliphatic rings. The molecule has 0 saturated carbocycles. The molecular weight excluding hydrogens is 244 g/mol. The highest BCUT2D eigenvalue weighted by Crippen LogP contribution is 2.26. The summed E-state index contributed by atoms with van der Waals surface area (Å²) < 4.78 is 0. The number of fused-ring (bicyclic) bond motifs is 1. The number of aromatic nitrogens is 1. The van der Waals surface area contributed by atoms with Crippen LogP contribution in [-0.2, 0) is 0 Å². The predicted molar refractivity (Wildman–Crippen MR) is 85.7 cm³/mol. The van der Waals surface area contributed by atoms with Crippen LogP contribution in [-0.4, -0.2) is 4.98 Å². The zero-order valence-corrected chi connectivity index (χ0v) is 12.1. The quantitative estimate of drug-likeness (QED) is 0.710. The summed E-state index contributed by atoms with van der Waals surface area (Å²) in [6, 6.07) is 16.7. The standard InChI is InChI=1S/C18H18N2/c1-12-7-6-8-13(2)18(12)20-17-11-14(3)15-9-4-5-10-16(15)19-17/h4-11H,1-3H3,(H,19,20). The topological polar surface area (TPSA) is 24.9 Å². The summed E-state index contributed by atoms with van der Waals surface area (Å²) in [5.41, 5.74) is 5.88. The van der Waals surface area contributed by atoms with Gasteiger partial charge in [0.15, 0.2) is 0 Å². The molecule has 20 heavy (non-hydrogen) atoms. The van der Waals surface area contributed by atoms with Crippen LogP contribution in [0, 0.1) is 20.8 Å². The molecule has 0 atom stereocenters. The number of benzene rings is 2. The van der Waals surface area contributed by atoms with E-state index in [2.05, 4.69) is 68.6 Å². The van der Waals surface area contributed by atoms with Crippen molar-refractivity contribution in [2.45, 2.75) is 20.8 Å². The third-order valence-electron chi connectivity index (χ3n) is 3.66. The van der Waals surface area contributed by atoms with Crippen molar-refractivity contribution in [3.8, 4) is 0 Å². The Balaban J connectivity index is 2.07. The molecule has 3 aromatic rings. The van der Waals surface area contributed by atoms with Gasteiger partial charge in [-0.15, -0.1) is 0 Å². The van der Waals surface area contributed by atoms with E-state index in [1.807, 2.05) is 6.07 Å².